The van der Waals surface area contributed by atoms with Gasteiger partial charge in [-0.15, -0.1) is 21.5 Å². The SMILES string of the molecule is COc1ccc(-n2cnnc2SCC(=O)Nc2ncc(Cc3ccc(C)c(Cl)c3)s2)cc1. The molecule has 4 rings (SSSR count). The Kier molecular flexibility index (Phi) is 7.09. The Morgan fingerprint density at radius 1 is 1.25 bits per heavy atom. The number of benzene rings is 2. The molecule has 0 bridgehead atoms. The van der Waals surface area contributed by atoms with E-state index >= 15 is 0 Å². The smallest absolute Gasteiger partial charge is 0.236 e. The van der Waals surface area contributed by atoms with Crippen LogP contribution in [0, 0.1) is 6.92 Å². The molecule has 1 N–H and O–H groups in total. The number of thiazole rings is 1. The Balaban J connectivity index is 1.33. The van der Waals surface area contributed by atoms with Crippen LogP contribution in [0.2, 0.25) is 5.02 Å². The van der Waals surface area contributed by atoms with Gasteiger partial charge in [-0.05, 0) is 48.4 Å². The molecule has 4 aromatic rings. The highest BCUT2D eigenvalue weighted by molar-refractivity contribution is 7.99. The molecular weight excluding hydrogens is 466 g/mol. The molecule has 0 atom stereocenters. The minimum Gasteiger partial charge on any atom is -0.497 e. The largest absolute Gasteiger partial charge is 0.497 e. The summed E-state index contributed by atoms with van der Waals surface area (Å²) < 4.78 is 7.01. The predicted molar refractivity (Wildman–Crippen MR) is 128 cm³/mol. The summed E-state index contributed by atoms with van der Waals surface area (Å²) in [4.78, 5) is 17.8. The molecule has 2 aromatic heterocycles. The first-order valence-electron chi connectivity index (χ1n) is 9.68. The lowest BCUT2D eigenvalue weighted by Crippen LogP contribution is -2.14. The van der Waals surface area contributed by atoms with E-state index in [2.05, 4.69) is 26.6 Å². The van der Waals surface area contributed by atoms with Crippen molar-refractivity contribution in [2.45, 2.75) is 18.5 Å². The molecule has 2 heterocycles. The molecule has 0 spiro atoms. The maximum Gasteiger partial charge on any atom is 0.236 e. The monoisotopic (exact) mass is 485 g/mol. The number of carbonyl (C=O) groups is 1. The summed E-state index contributed by atoms with van der Waals surface area (Å²) >= 11 is 8.97. The quantitative estimate of drug-likeness (QED) is 0.353. The summed E-state index contributed by atoms with van der Waals surface area (Å²) in [6.07, 6.45) is 4.11. The number of anilines is 1. The Hall–Kier alpha value is -2.88. The molecule has 0 aliphatic carbocycles. The molecule has 32 heavy (non-hydrogen) atoms. The first kappa shape index (κ1) is 22.3. The predicted octanol–water partition coefficient (Wildman–Crippen LogP) is 5.02. The van der Waals surface area contributed by atoms with Gasteiger partial charge in [0.2, 0.25) is 5.91 Å². The fourth-order valence-electron chi connectivity index (χ4n) is 2.92. The Labute approximate surface area is 198 Å². The lowest BCUT2D eigenvalue weighted by Gasteiger charge is -2.07. The molecule has 10 heteroatoms. The fraction of sp³-hybridized carbons (Fsp3) is 0.182. The number of methoxy groups -OCH3 is 1. The van der Waals surface area contributed by atoms with Crippen molar-refractivity contribution < 1.29 is 9.53 Å². The van der Waals surface area contributed by atoms with Crippen LogP contribution in [0.3, 0.4) is 0 Å². The van der Waals surface area contributed by atoms with Crippen molar-refractivity contribution >= 4 is 45.7 Å². The van der Waals surface area contributed by atoms with Crippen LogP contribution in [0.15, 0.2) is 60.1 Å². The van der Waals surface area contributed by atoms with Crippen LogP contribution in [0.4, 0.5) is 5.13 Å². The minimum atomic E-state index is -0.154. The number of ether oxygens (including phenoxy) is 1. The van der Waals surface area contributed by atoms with Crippen molar-refractivity contribution in [3.05, 3.63) is 76.0 Å². The molecule has 0 saturated carbocycles. The van der Waals surface area contributed by atoms with Crippen LogP contribution in [0.1, 0.15) is 16.0 Å². The van der Waals surface area contributed by atoms with E-state index in [1.165, 1.54) is 23.1 Å². The van der Waals surface area contributed by atoms with Crippen molar-refractivity contribution in [2.75, 3.05) is 18.2 Å². The number of aryl methyl sites for hydroxylation is 1. The number of nitrogens with zero attached hydrogens (tertiary/aromatic N) is 4. The van der Waals surface area contributed by atoms with Crippen LogP contribution in [0.25, 0.3) is 5.69 Å². The molecule has 7 nitrogen and oxygen atoms in total. The average Bonchev–Trinajstić information content (AvgIpc) is 3.44. The van der Waals surface area contributed by atoms with Crippen LogP contribution in [0.5, 0.6) is 5.75 Å². The lowest BCUT2D eigenvalue weighted by molar-refractivity contribution is -0.113. The van der Waals surface area contributed by atoms with Crippen LogP contribution < -0.4 is 10.1 Å². The molecule has 0 aliphatic rings. The van der Waals surface area contributed by atoms with Crippen LogP contribution in [-0.4, -0.2) is 38.5 Å². The number of halogens is 1. The topological polar surface area (TPSA) is 81.9 Å². The van der Waals surface area contributed by atoms with Gasteiger partial charge in [-0.2, -0.15) is 0 Å². The van der Waals surface area contributed by atoms with Crippen molar-refractivity contribution in [3.8, 4) is 11.4 Å². The highest BCUT2D eigenvalue weighted by Crippen LogP contribution is 2.25. The molecule has 0 saturated heterocycles. The van der Waals surface area contributed by atoms with Crippen LogP contribution in [-0.2, 0) is 11.2 Å². The van der Waals surface area contributed by atoms with Gasteiger partial charge >= 0.3 is 0 Å². The number of hydrogen-bond donors (Lipinski definition) is 1. The highest BCUT2D eigenvalue weighted by Gasteiger charge is 2.12. The van der Waals surface area contributed by atoms with E-state index in [1.807, 2.05) is 47.9 Å². The van der Waals surface area contributed by atoms with E-state index in [0.717, 1.165) is 32.5 Å². The van der Waals surface area contributed by atoms with E-state index < -0.39 is 0 Å². The fourth-order valence-corrected chi connectivity index (χ4v) is 4.72. The van der Waals surface area contributed by atoms with Gasteiger partial charge in [-0.1, -0.05) is 35.5 Å². The Morgan fingerprint density at radius 2 is 2.06 bits per heavy atom. The summed E-state index contributed by atoms with van der Waals surface area (Å²) in [5.41, 5.74) is 3.04. The first-order valence-corrected chi connectivity index (χ1v) is 11.9. The standard InChI is InChI=1S/C22H20ClN5O2S2/c1-14-3-4-15(10-19(14)23)9-18-11-24-21(32-18)26-20(29)12-31-22-27-25-13-28(22)16-5-7-17(30-2)8-6-16/h3-8,10-11,13H,9,12H2,1-2H3,(H,24,26,29). The van der Waals surface area contributed by atoms with E-state index in [-0.39, 0.29) is 11.7 Å². The summed E-state index contributed by atoms with van der Waals surface area (Å²) in [5, 5.41) is 12.9. The van der Waals surface area contributed by atoms with Gasteiger partial charge < -0.3 is 10.1 Å². The molecule has 0 aliphatic heterocycles. The summed E-state index contributed by atoms with van der Waals surface area (Å²) in [5.74, 6) is 0.805. The van der Waals surface area contributed by atoms with Crippen molar-refractivity contribution in [3.63, 3.8) is 0 Å². The molecule has 2 aromatic carbocycles. The molecule has 164 valence electrons. The van der Waals surface area contributed by atoms with Gasteiger partial charge in [0, 0.05) is 28.2 Å². The highest BCUT2D eigenvalue weighted by atomic mass is 35.5. The van der Waals surface area contributed by atoms with Gasteiger partial charge in [0.1, 0.15) is 12.1 Å². The van der Waals surface area contributed by atoms with Crippen molar-refractivity contribution in [1.82, 2.24) is 19.7 Å². The summed E-state index contributed by atoms with van der Waals surface area (Å²) in [7, 11) is 1.62. The number of hydrogen-bond acceptors (Lipinski definition) is 7. The number of amides is 1. The van der Waals surface area contributed by atoms with Gasteiger partial charge in [0.25, 0.3) is 0 Å². The lowest BCUT2D eigenvalue weighted by atomic mass is 10.1. The second-order valence-corrected chi connectivity index (χ2v) is 9.38. The number of nitrogens with one attached hydrogen (secondary N) is 1. The van der Waals surface area contributed by atoms with Gasteiger partial charge in [0.15, 0.2) is 10.3 Å². The summed E-state index contributed by atoms with van der Waals surface area (Å²) in [6, 6.07) is 13.6. The zero-order chi connectivity index (χ0) is 22.5. The maximum absolute atomic E-state index is 12.4. The first-order chi connectivity index (χ1) is 15.5. The van der Waals surface area contributed by atoms with Gasteiger partial charge in [-0.25, -0.2) is 4.98 Å². The van der Waals surface area contributed by atoms with E-state index in [9.17, 15) is 4.79 Å². The third kappa shape index (κ3) is 5.48. The normalized spacial score (nSPS) is 10.8. The minimum absolute atomic E-state index is 0.154. The second-order valence-electron chi connectivity index (χ2n) is 6.91. The van der Waals surface area contributed by atoms with Crippen LogP contribution >= 0.6 is 34.7 Å². The zero-order valence-electron chi connectivity index (χ0n) is 17.4. The van der Waals surface area contributed by atoms with Gasteiger partial charge in [0.05, 0.1) is 12.9 Å². The van der Waals surface area contributed by atoms with E-state index in [0.29, 0.717) is 16.7 Å². The summed E-state index contributed by atoms with van der Waals surface area (Å²) in [6.45, 7) is 1.98. The zero-order valence-corrected chi connectivity index (χ0v) is 19.8. The number of aromatic nitrogens is 4. The molecule has 1 amide bonds. The Morgan fingerprint density at radius 3 is 2.81 bits per heavy atom. The third-order valence-corrected chi connectivity index (χ3v) is 6.88. The molecule has 0 unspecified atom stereocenters. The number of carbonyl (C=O) groups excluding carboxylic acids is 1. The van der Waals surface area contributed by atoms with Crippen molar-refractivity contribution in [1.29, 1.82) is 0 Å². The number of rotatable bonds is 8. The maximum atomic E-state index is 12.4. The van der Waals surface area contributed by atoms with E-state index in [1.54, 1.807) is 19.6 Å². The van der Waals surface area contributed by atoms with Gasteiger partial charge in [-0.3, -0.25) is 9.36 Å². The third-order valence-electron chi connectivity index (χ3n) is 4.61. The molecule has 0 fully saturated rings. The Bertz CT molecular complexity index is 1220. The number of thioether (sulfide) groups is 1. The van der Waals surface area contributed by atoms with E-state index in [4.69, 9.17) is 16.3 Å². The average molecular weight is 486 g/mol. The van der Waals surface area contributed by atoms with Crippen molar-refractivity contribution in [2.24, 2.45) is 0 Å². The molecule has 0 radical (unpaired) electrons. The molecular formula is C22H20ClN5O2S2. The second kappa shape index (κ2) is 10.2.